The van der Waals surface area contributed by atoms with Gasteiger partial charge in [-0.15, -0.1) is 0 Å². The van der Waals surface area contributed by atoms with Gasteiger partial charge in [-0.05, 0) is 25.7 Å². The van der Waals surface area contributed by atoms with E-state index in [1.807, 2.05) is 0 Å². The number of aromatic amines is 1. The quantitative estimate of drug-likeness (QED) is 0.879. The highest BCUT2D eigenvalue weighted by molar-refractivity contribution is 5.92. The molecular formula is C16H20N4O4. The lowest BCUT2D eigenvalue weighted by atomic mass is 10.0. The van der Waals surface area contributed by atoms with Gasteiger partial charge in [0.25, 0.3) is 11.5 Å². The molecule has 128 valence electrons. The lowest BCUT2D eigenvalue weighted by Crippen LogP contribution is -2.47. The number of cyclic esters (lactones) is 1. The van der Waals surface area contributed by atoms with Crippen molar-refractivity contribution < 1.29 is 14.3 Å². The van der Waals surface area contributed by atoms with E-state index in [4.69, 9.17) is 4.74 Å². The summed E-state index contributed by atoms with van der Waals surface area (Å²) in [6.45, 7) is 2.18. The summed E-state index contributed by atoms with van der Waals surface area (Å²) < 4.78 is 4.98. The number of rotatable bonds is 3. The van der Waals surface area contributed by atoms with Crippen LogP contribution in [0.15, 0.2) is 10.9 Å². The third-order valence-electron chi connectivity index (χ3n) is 4.93. The standard InChI is InChI=1S/C16H20N4O4/c21-13-9-12(17-14(18-13)10-1-2-10)15(22)19-5-3-11(4-6-19)20-7-8-24-16(20)23/h9-11H,1-8H2,(H,17,18,21). The number of likely N-dealkylation sites (tertiary alicyclic amines) is 1. The van der Waals surface area contributed by atoms with E-state index in [-0.39, 0.29) is 35.2 Å². The minimum Gasteiger partial charge on any atom is -0.448 e. The van der Waals surface area contributed by atoms with Crippen LogP contribution in [0.3, 0.4) is 0 Å². The zero-order valence-electron chi connectivity index (χ0n) is 13.4. The normalized spacial score (nSPS) is 21.9. The molecule has 8 nitrogen and oxygen atoms in total. The molecule has 1 aromatic rings. The maximum absolute atomic E-state index is 12.6. The van der Waals surface area contributed by atoms with Crippen molar-refractivity contribution >= 4 is 12.0 Å². The molecule has 1 aliphatic carbocycles. The number of carbonyl (C=O) groups is 2. The van der Waals surface area contributed by atoms with Gasteiger partial charge < -0.3 is 19.5 Å². The van der Waals surface area contributed by atoms with Crippen LogP contribution < -0.4 is 5.56 Å². The Labute approximate surface area is 138 Å². The van der Waals surface area contributed by atoms with Crippen molar-refractivity contribution in [3.05, 3.63) is 27.9 Å². The second kappa shape index (κ2) is 5.92. The Kier molecular flexibility index (Phi) is 3.74. The van der Waals surface area contributed by atoms with Gasteiger partial charge in [-0.2, -0.15) is 0 Å². The van der Waals surface area contributed by atoms with Crippen LogP contribution >= 0.6 is 0 Å². The van der Waals surface area contributed by atoms with Gasteiger partial charge in [0.15, 0.2) is 0 Å². The fourth-order valence-corrected chi connectivity index (χ4v) is 3.42. The van der Waals surface area contributed by atoms with Crippen molar-refractivity contribution in [1.29, 1.82) is 0 Å². The molecule has 1 aromatic heterocycles. The molecule has 3 heterocycles. The molecular weight excluding hydrogens is 312 g/mol. The van der Waals surface area contributed by atoms with Gasteiger partial charge in [-0.3, -0.25) is 9.59 Å². The Morgan fingerprint density at radius 1 is 1.17 bits per heavy atom. The van der Waals surface area contributed by atoms with E-state index >= 15 is 0 Å². The first kappa shape index (κ1) is 15.2. The highest BCUT2D eigenvalue weighted by Gasteiger charge is 2.34. The number of amides is 2. The Hall–Kier alpha value is -2.38. The van der Waals surface area contributed by atoms with Crippen molar-refractivity contribution in [2.24, 2.45) is 0 Å². The van der Waals surface area contributed by atoms with E-state index in [9.17, 15) is 14.4 Å². The third kappa shape index (κ3) is 2.88. The molecule has 0 radical (unpaired) electrons. The molecule has 0 unspecified atom stereocenters. The van der Waals surface area contributed by atoms with Crippen molar-refractivity contribution in [3.63, 3.8) is 0 Å². The van der Waals surface area contributed by atoms with Crippen molar-refractivity contribution in [2.75, 3.05) is 26.2 Å². The summed E-state index contributed by atoms with van der Waals surface area (Å²) in [6, 6.07) is 1.40. The molecule has 8 heteroatoms. The molecule has 0 spiro atoms. The summed E-state index contributed by atoms with van der Waals surface area (Å²) in [6.07, 6.45) is 3.21. The minimum atomic E-state index is -0.273. The molecule has 2 saturated heterocycles. The Balaban J connectivity index is 1.43. The summed E-state index contributed by atoms with van der Waals surface area (Å²) >= 11 is 0. The van der Waals surface area contributed by atoms with E-state index in [1.54, 1.807) is 9.80 Å². The molecule has 2 aliphatic heterocycles. The fourth-order valence-electron chi connectivity index (χ4n) is 3.42. The summed E-state index contributed by atoms with van der Waals surface area (Å²) in [5.74, 6) is 0.711. The van der Waals surface area contributed by atoms with E-state index in [1.165, 1.54) is 6.07 Å². The van der Waals surface area contributed by atoms with E-state index in [2.05, 4.69) is 9.97 Å². The molecule has 0 bridgehead atoms. The fraction of sp³-hybridized carbons (Fsp3) is 0.625. The SMILES string of the molecule is O=C(c1cc(=O)[nH]c(C2CC2)n1)N1CCC(N2CCOC2=O)CC1. The first-order valence-corrected chi connectivity index (χ1v) is 8.46. The summed E-state index contributed by atoms with van der Waals surface area (Å²) in [7, 11) is 0. The minimum absolute atomic E-state index is 0.123. The zero-order chi connectivity index (χ0) is 16.7. The summed E-state index contributed by atoms with van der Waals surface area (Å²) in [5, 5.41) is 0. The molecule has 3 fully saturated rings. The number of piperidine rings is 1. The van der Waals surface area contributed by atoms with Crippen LogP contribution in [0, 0.1) is 0 Å². The van der Waals surface area contributed by atoms with Gasteiger partial charge in [0.1, 0.15) is 18.1 Å². The van der Waals surface area contributed by atoms with Crippen molar-refractivity contribution in [2.45, 2.75) is 37.6 Å². The van der Waals surface area contributed by atoms with Crippen LogP contribution in [0.25, 0.3) is 0 Å². The first-order valence-electron chi connectivity index (χ1n) is 8.46. The highest BCUT2D eigenvalue weighted by Crippen LogP contribution is 2.37. The molecule has 0 atom stereocenters. The Morgan fingerprint density at radius 2 is 1.92 bits per heavy atom. The number of nitrogens with one attached hydrogen (secondary N) is 1. The molecule has 2 amide bonds. The first-order chi connectivity index (χ1) is 11.6. The number of H-pyrrole nitrogens is 1. The van der Waals surface area contributed by atoms with E-state index in [0.717, 1.165) is 25.7 Å². The van der Waals surface area contributed by atoms with Crippen LogP contribution in [0.4, 0.5) is 4.79 Å². The lowest BCUT2D eigenvalue weighted by molar-refractivity contribution is 0.0652. The van der Waals surface area contributed by atoms with Gasteiger partial charge in [0.2, 0.25) is 0 Å². The highest BCUT2D eigenvalue weighted by atomic mass is 16.6. The number of aromatic nitrogens is 2. The van der Waals surface area contributed by atoms with Crippen LogP contribution in [0.5, 0.6) is 0 Å². The number of carbonyl (C=O) groups excluding carboxylic acids is 2. The number of hydrogen-bond donors (Lipinski definition) is 1. The zero-order valence-corrected chi connectivity index (χ0v) is 13.4. The molecule has 0 aromatic carbocycles. The average Bonchev–Trinajstić information content (AvgIpc) is 3.35. The lowest BCUT2D eigenvalue weighted by Gasteiger charge is -2.35. The van der Waals surface area contributed by atoms with Crippen LogP contribution in [0.2, 0.25) is 0 Å². The van der Waals surface area contributed by atoms with Crippen LogP contribution in [-0.2, 0) is 4.74 Å². The summed E-state index contributed by atoms with van der Waals surface area (Å²) in [5.41, 5.74) is -0.0513. The van der Waals surface area contributed by atoms with Gasteiger partial charge in [0.05, 0.1) is 6.54 Å². The Bertz CT molecular complexity index is 719. The molecule has 4 rings (SSSR count). The molecule has 3 aliphatic rings. The average molecular weight is 332 g/mol. The monoisotopic (exact) mass is 332 g/mol. The summed E-state index contributed by atoms with van der Waals surface area (Å²) in [4.78, 5) is 46.6. The van der Waals surface area contributed by atoms with Crippen molar-refractivity contribution in [1.82, 2.24) is 19.8 Å². The largest absolute Gasteiger partial charge is 0.448 e. The van der Waals surface area contributed by atoms with E-state index in [0.29, 0.717) is 32.1 Å². The topological polar surface area (TPSA) is 95.6 Å². The van der Waals surface area contributed by atoms with Gasteiger partial charge in [-0.1, -0.05) is 0 Å². The maximum Gasteiger partial charge on any atom is 0.410 e. The van der Waals surface area contributed by atoms with Crippen LogP contribution in [0.1, 0.15) is 47.9 Å². The number of hydrogen-bond acceptors (Lipinski definition) is 5. The second-order valence-corrected chi connectivity index (χ2v) is 6.62. The van der Waals surface area contributed by atoms with Gasteiger partial charge in [0, 0.05) is 31.1 Å². The van der Waals surface area contributed by atoms with Crippen LogP contribution in [-0.4, -0.2) is 64.1 Å². The van der Waals surface area contributed by atoms with Gasteiger partial charge in [-0.25, -0.2) is 9.78 Å². The Morgan fingerprint density at radius 3 is 2.54 bits per heavy atom. The molecule has 1 saturated carbocycles. The number of ether oxygens (including phenoxy) is 1. The predicted octanol–water partition coefficient (Wildman–Crippen LogP) is 0.704. The van der Waals surface area contributed by atoms with Gasteiger partial charge >= 0.3 is 6.09 Å². The van der Waals surface area contributed by atoms with E-state index < -0.39 is 0 Å². The molecule has 1 N–H and O–H groups in total. The third-order valence-corrected chi connectivity index (χ3v) is 4.93. The smallest absolute Gasteiger partial charge is 0.410 e. The maximum atomic E-state index is 12.6. The number of nitrogens with zero attached hydrogens (tertiary/aromatic N) is 3. The molecule has 24 heavy (non-hydrogen) atoms. The second-order valence-electron chi connectivity index (χ2n) is 6.62. The predicted molar refractivity (Wildman–Crippen MR) is 83.8 cm³/mol. The van der Waals surface area contributed by atoms with Crippen molar-refractivity contribution in [3.8, 4) is 0 Å².